The average Bonchev–Trinajstić information content (AvgIpc) is 1.86. The van der Waals surface area contributed by atoms with Crippen molar-refractivity contribution in [1.29, 1.82) is 0 Å². The Morgan fingerprint density at radius 3 is 2.82 bits per heavy atom. The zero-order chi connectivity index (χ0) is 8.32. The standard InChI is InChI=1S/C9H18O2/c1-2-5-9(11)6-3-4-8(10)7-9/h8,10-11H,2-7H2,1H3/t8-,9-/m1/s1. The smallest absolute Gasteiger partial charge is 0.0672 e. The Bertz CT molecular complexity index is 121. The van der Waals surface area contributed by atoms with E-state index in [1.54, 1.807) is 0 Å². The molecular weight excluding hydrogens is 140 g/mol. The van der Waals surface area contributed by atoms with Crippen molar-refractivity contribution in [3.05, 3.63) is 0 Å². The second-order valence-electron chi connectivity index (χ2n) is 3.72. The van der Waals surface area contributed by atoms with E-state index in [9.17, 15) is 10.2 Å². The predicted octanol–water partition coefficient (Wildman–Crippen LogP) is 1.45. The topological polar surface area (TPSA) is 40.5 Å². The number of hydrogen-bond donors (Lipinski definition) is 2. The summed E-state index contributed by atoms with van der Waals surface area (Å²) in [6.07, 6.45) is 4.87. The summed E-state index contributed by atoms with van der Waals surface area (Å²) in [6, 6.07) is 0. The van der Waals surface area contributed by atoms with E-state index in [-0.39, 0.29) is 6.10 Å². The molecule has 0 aromatic rings. The molecule has 1 aliphatic carbocycles. The van der Waals surface area contributed by atoms with Gasteiger partial charge < -0.3 is 10.2 Å². The van der Waals surface area contributed by atoms with E-state index in [0.717, 1.165) is 32.1 Å². The molecule has 66 valence electrons. The van der Waals surface area contributed by atoms with Crippen LogP contribution in [0.2, 0.25) is 0 Å². The van der Waals surface area contributed by atoms with Gasteiger partial charge in [0.25, 0.3) is 0 Å². The SMILES string of the molecule is CCC[C@@]1(O)CCC[C@@H](O)C1. The van der Waals surface area contributed by atoms with Crippen LogP contribution in [0.5, 0.6) is 0 Å². The summed E-state index contributed by atoms with van der Waals surface area (Å²) in [6.45, 7) is 2.07. The van der Waals surface area contributed by atoms with E-state index in [0.29, 0.717) is 6.42 Å². The second-order valence-corrected chi connectivity index (χ2v) is 3.72. The Morgan fingerprint density at radius 2 is 2.27 bits per heavy atom. The third kappa shape index (κ3) is 2.46. The fraction of sp³-hybridized carbons (Fsp3) is 1.00. The third-order valence-corrected chi connectivity index (χ3v) is 2.51. The molecule has 2 N–H and O–H groups in total. The van der Waals surface area contributed by atoms with Crippen LogP contribution in [0.1, 0.15) is 45.4 Å². The van der Waals surface area contributed by atoms with Crippen molar-refractivity contribution in [3.8, 4) is 0 Å². The van der Waals surface area contributed by atoms with Crippen molar-refractivity contribution in [1.82, 2.24) is 0 Å². The third-order valence-electron chi connectivity index (χ3n) is 2.51. The molecule has 0 saturated heterocycles. The molecular formula is C9H18O2. The molecule has 0 unspecified atom stereocenters. The van der Waals surface area contributed by atoms with Gasteiger partial charge in [0, 0.05) is 6.42 Å². The molecule has 0 aliphatic heterocycles. The van der Waals surface area contributed by atoms with Gasteiger partial charge in [-0.05, 0) is 25.7 Å². The van der Waals surface area contributed by atoms with E-state index in [1.165, 1.54) is 0 Å². The minimum atomic E-state index is -0.549. The van der Waals surface area contributed by atoms with Gasteiger partial charge in [0.15, 0.2) is 0 Å². The van der Waals surface area contributed by atoms with Gasteiger partial charge in [-0.2, -0.15) is 0 Å². The Labute approximate surface area is 68.2 Å². The number of hydrogen-bond acceptors (Lipinski definition) is 2. The Balaban J connectivity index is 2.41. The average molecular weight is 158 g/mol. The lowest BCUT2D eigenvalue weighted by atomic mass is 9.80. The van der Waals surface area contributed by atoms with Gasteiger partial charge in [0.05, 0.1) is 11.7 Å². The predicted molar refractivity (Wildman–Crippen MR) is 44.3 cm³/mol. The molecule has 0 heterocycles. The van der Waals surface area contributed by atoms with E-state index in [4.69, 9.17) is 0 Å². The number of aliphatic hydroxyl groups is 2. The molecule has 2 heteroatoms. The minimum absolute atomic E-state index is 0.264. The second kappa shape index (κ2) is 3.55. The maximum Gasteiger partial charge on any atom is 0.0672 e. The van der Waals surface area contributed by atoms with Crippen molar-refractivity contribution in [2.24, 2.45) is 0 Å². The first-order valence-electron chi connectivity index (χ1n) is 4.57. The van der Waals surface area contributed by atoms with Gasteiger partial charge in [-0.25, -0.2) is 0 Å². The first-order chi connectivity index (χ1) is 5.16. The molecule has 0 amide bonds. The first-order valence-corrected chi connectivity index (χ1v) is 4.57. The summed E-state index contributed by atoms with van der Waals surface area (Å²) < 4.78 is 0. The number of aliphatic hydroxyl groups excluding tert-OH is 1. The van der Waals surface area contributed by atoms with Gasteiger partial charge in [0.1, 0.15) is 0 Å². The van der Waals surface area contributed by atoms with Gasteiger partial charge in [-0.1, -0.05) is 13.3 Å². The molecule has 0 radical (unpaired) electrons. The van der Waals surface area contributed by atoms with E-state index in [1.807, 2.05) is 0 Å². The zero-order valence-electron chi connectivity index (χ0n) is 7.21. The fourth-order valence-electron chi connectivity index (χ4n) is 2.00. The van der Waals surface area contributed by atoms with Crippen LogP contribution >= 0.6 is 0 Å². The highest BCUT2D eigenvalue weighted by Gasteiger charge is 2.32. The molecule has 2 atom stereocenters. The lowest BCUT2D eigenvalue weighted by Crippen LogP contribution is -2.37. The summed E-state index contributed by atoms with van der Waals surface area (Å²) in [7, 11) is 0. The van der Waals surface area contributed by atoms with Gasteiger partial charge in [-0.3, -0.25) is 0 Å². The van der Waals surface area contributed by atoms with E-state index in [2.05, 4.69) is 6.92 Å². The van der Waals surface area contributed by atoms with Crippen molar-refractivity contribution in [2.45, 2.75) is 57.2 Å². The monoisotopic (exact) mass is 158 g/mol. The minimum Gasteiger partial charge on any atom is -0.393 e. The summed E-state index contributed by atoms with van der Waals surface area (Å²) in [5, 5.41) is 19.2. The maximum absolute atomic E-state index is 9.88. The lowest BCUT2D eigenvalue weighted by Gasteiger charge is -2.34. The highest BCUT2D eigenvalue weighted by atomic mass is 16.3. The van der Waals surface area contributed by atoms with Crippen LogP contribution in [0.4, 0.5) is 0 Å². The van der Waals surface area contributed by atoms with E-state index >= 15 is 0 Å². The molecule has 1 aliphatic rings. The summed E-state index contributed by atoms with van der Waals surface area (Å²) in [4.78, 5) is 0. The van der Waals surface area contributed by atoms with E-state index < -0.39 is 5.60 Å². The Morgan fingerprint density at radius 1 is 1.55 bits per heavy atom. The molecule has 0 bridgehead atoms. The van der Waals surface area contributed by atoms with Crippen LogP contribution in [-0.2, 0) is 0 Å². The molecule has 0 aromatic heterocycles. The van der Waals surface area contributed by atoms with Crippen molar-refractivity contribution < 1.29 is 10.2 Å². The van der Waals surface area contributed by atoms with Crippen molar-refractivity contribution in [2.75, 3.05) is 0 Å². The molecule has 11 heavy (non-hydrogen) atoms. The van der Waals surface area contributed by atoms with Gasteiger partial charge >= 0.3 is 0 Å². The molecule has 1 rings (SSSR count). The Kier molecular flexibility index (Phi) is 2.90. The first kappa shape index (κ1) is 9.01. The zero-order valence-corrected chi connectivity index (χ0v) is 7.21. The molecule has 2 nitrogen and oxygen atoms in total. The molecule has 0 aromatic carbocycles. The van der Waals surface area contributed by atoms with Crippen LogP contribution in [0, 0.1) is 0 Å². The molecule has 1 fully saturated rings. The molecule has 0 spiro atoms. The Hall–Kier alpha value is -0.0800. The van der Waals surface area contributed by atoms with Crippen molar-refractivity contribution >= 4 is 0 Å². The van der Waals surface area contributed by atoms with Crippen LogP contribution in [0.3, 0.4) is 0 Å². The lowest BCUT2D eigenvalue weighted by molar-refractivity contribution is -0.0507. The summed E-state index contributed by atoms with van der Waals surface area (Å²) in [5.74, 6) is 0. The molecule has 1 saturated carbocycles. The maximum atomic E-state index is 9.88. The summed E-state index contributed by atoms with van der Waals surface area (Å²) >= 11 is 0. The highest BCUT2D eigenvalue weighted by molar-refractivity contribution is 4.85. The van der Waals surface area contributed by atoms with Gasteiger partial charge in [0.2, 0.25) is 0 Å². The highest BCUT2D eigenvalue weighted by Crippen LogP contribution is 2.31. The van der Waals surface area contributed by atoms with Crippen LogP contribution in [0.15, 0.2) is 0 Å². The number of rotatable bonds is 2. The normalized spacial score (nSPS) is 39.0. The quantitative estimate of drug-likeness (QED) is 0.638. The van der Waals surface area contributed by atoms with Crippen LogP contribution in [-0.4, -0.2) is 21.9 Å². The van der Waals surface area contributed by atoms with Crippen LogP contribution < -0.4 is 0 Å². The summed E-state index contributed by atoms with van der Waals surface area (Å²) in [5.41, 5.74) is -0.549. The largest absolute Gasteiger partial charge is 0.393 e. The van der Waals surface area contributed by atoms with Crippen LogP contribution in [0.25, 0.3) is 0 Å². The fourth-order valence-corrected chi connectivity index (χ4v) is 2.00. The van der Waals surface area contributed by atoms with Gasteiger partial charge in [-0.15, -0.1) is 0 Å². The van der Waals surface area contributed by atoms with Crippen molar-refractivity contribution in [3.63, 3.8) is 0 Å².